The minimum atomic E-state index is -4.72. The van der Waals surface area contributed by atoms with E-state index in [1.165, 1.54) is 6.92 Å². The van der Waals surface area contributed by atoms with Gasteiger partial charge in [0.2, 0.25) is 5.76 Å². The maximum atomic E-state index is 12.9. The van der Waals surface area contributed by atoms with Gasteiger partial charge in [-0.2, -0.15) is 13.2 Å². The van der Waals surface area contributed by atoms with E-state index in [4.69, 9.17) is 4.42 Å². The van der Waals surface area contributed by atoms with Crippen molar-refractivity contribution in [1.82, 2.24) is 4.98 Å². The molecular formula is C13H14F3NO3. The first kappa shape index (κ1) is 13.5. The van der Waals surface area contributed by atoms with Crippen molar-refractivity contribution in [1.29, 1.82) is 0 Å². The van der Waals surface area contributed by atoms with E-state index in [2.05, 4.69) is 9.72 Å². The van der Waals surface area contributed by atoms with Crippen LogP contribution in [0.3, 0.4) is 0 Å². The van der Waals surface area contributed by atoms with Crippen molar-refractivity contribution in [2.75, 3.05) is 6.61 Å². The molecule has 2 saturated carbocycles. The summed E-state index contributed by atoms with van der Waals surface area (Å²) in [7, 11) is 0. The molecule has 1 heterocycles. The minimum absolute atomic E-state index is 0.0141. The summed E-state index contributed by atoms with van der Waals surface area (Å²) >= 11 is 0. The van der Waals surface area contributed by atoms with Crippen LogP contribution in [0.1, 0.15) is 54.2 Å². The lowest BCUT2D eigenvalue weighted by molar-refractivity contribution is -0.141. The molecule has 1 aromatic rings. The Labute approximate surface area is 113 Å². The average Bonchev–Trinajstić information content (AvgIpc) is 2.81. The summed E-state index contributed by atoms with van der Waals surface area (Å²) in [6, 6.07) is 0. The fraction of sp³-hybridized carbons (Fsp3) is 0.692. The van der Waals surface area contributed by atoms with Crippen LogP contribution in [0.5, 0.6) is 0 Å². The molecule has 0 amide bonds. The van der Waals surface area contributed by atoms with Gasteiger partial charge >= 0.3 is 12.1 Å². The molecule has 4 nitrogen and oxygen atoms in total. The Bertz CT molecular complexity index is 527. The zero-order valence-electron chi connectivity index (χ0n) is 10.9. The van der Waals surface area contributed by atoms with Gasteiger partial charge in [-0.05, 0) is 38.0 Å². The predicted octanol–water partition coefficient (Wildman–Crippen LogP) is 3.38. The number of ether oxygens (including phenoxy) is 1. The zero-order chi connectivity index (χ0) is 14.5. The Balaban J connectivity index is 1.90. The normalized spacial score (nSPS) is 28.3. The number of rotatable bonds is 3. The number of esters is 1. The van der Waals surface area contributed by atoms with Crippen LogP contribution in [-0.2, 0) is 10.9 Å². The second kappa shape index (κ2) is 4.49. The van der Waals surface area contributed by atoms with Crippen molar-refractivity contribution in [3.05, 3.63) is 17.3 Å². The highest BCUT2D eigenvalue weighted by atomic mass is 19.4. The number of oxazole rings is 1. The van der Waals surface area contributed by atoms with E-state index in [1.807, 2.05) is 0 Å². The van der Waals surface area contributed by atoms with Gasteiger partial charge in [0, 0.05) is 5.92 Å². The Morgan fingerprint density at radius 2 is 2.00 bits per heavy atom. The van der Waals surface area contributed by atoms with Crippen LogP contribution in [0.15, 0.2) is 4.42 Å². The number of alkyl halides is 3. The Kier molecular flexibility index (Phi) is 3.02. The number of carbonyl (C=O) groups is 1. The van der Waals surface area contributed by atoms with Crippen LogP contribution in [0.2, 0.25) is 0 Å². The molecule has 0 bridgehead atoms. The largest absolute Gasteiger partial charge is 0.460 e. The third-order valence-electron chi connectivity index (χ3n) is 3.97. The van der Waals surface area contributed by atoms with Crippen LogP contribution in [0.25, 0.3) is 0 Å². The number of hydrogen-bond acceptors (Lipinski definition) is 4. The van der Waals surface area contributed by atoms with Gasteiger partial charge in [0.25, 0.3) is 0 Å². The second-order valence-electron chi connectivity index (χ2n) is 5.37. The molecular weight excluding hydrogens is 275 g/mol. The second-order valence-corrected chi connectivity index (χ2v) is 5.37. The van der Waals surface area contributed by atoms with E-state index in [9.17, 15) is 18.0 Å². The number of hydrogen-bond donors (Lipinski definition) is 0. The summed E-state index contributed by atoms with van der Waals surface area (Å²) in [6.07, 6.45) is -1.98. The van der Waals surface area contributed by atoms with Gasteiger partial charge in [-0.3, -0.25) is 0 Å². The van der Waals surface area contributed by atoms with Crippen molar-refractivity contribution in [2.24, 2.45) is 11.8 Å². The fourth-order valence-corrected chi connectivity index (χ4v) is 2.95. The van der Waals surface area contributed by atoms with E-state index < -0.39 is 23.6 Å². The van der Waals surface area contributed by atoms with Gasteiger partial charge in [-0.25, -0.2) is 9.78 Å². The van der Waals surface area contributed by atoms with E-state index in [0.29, 0.717) is 11.8 Å². The van der Waals surface area contributed by atoms with Gasteiger partial charge in [0.1, 0.15) is 0 Å². The van der Waals surface area contributed by atoms with Crippen LogP contribution in [-0.4, -0.2) is 17.6 Å². The van der Waals surface area contributed by atoms with Gasteiger partial charge in [-0.1, -0.05) is 0 Å². The summed E-state index contributed by atoms with van der Waals surface area (Å²) in [6.45, 7) is 1.51. The first-order valence-corrected chi connectivity index (χ1v) is 6.65. The Morgan fingerprint density at radius 1 is 1.35 bits per heavy atom. The van der Waals surface area contributed by atoms with Crippen LogP contribution < -0.4 is 0 Å². The molecule has 7 heteroatoms. The molecule has 2 unspecified atom stereocenters. The summed E-state index contributed by atoms with van der Waals surface area (Å²) in [5.74, 6) is -0.841. The number of carbonyl (C=O) groups excluding carboxylic acids is 1. The highest BCUT2D eigenvalue weighted by molar-refractivity contribution is 5.87. The Morgan fingerprint density at radius 3 is 2.55 bits per heavy atom. The summed E-state index contributed by atoms with van der Waals surface area (Å²) in [5.41, 5.74) is -1.27. The smallest absolute Gasteiger partial charge is 0.437 e. The van der Waals surface area contributed by atoms with Gasteiger partial charge in [0.05, 0.1) is 6.61 Å². The standard InChI is InChI=1S/C13H14F3NO3/c1-2-19-12(18)9-10(13(14,15)16)17-11(20-9)8-4-6-3-7(6)5-8/h6-8H,2-5H2,1H3. The van der Waals surface area contributed by atoms with Crippen LogP contribution in [0, 0.1) is 11.8 Å². The molecule has 0 saturated heterocycles. The number of fused-ring (bicyclic) bond motifs is 1. The maximum absolute atomic E-state index is 12.9. The topological polar surface area (TPSA) is 52.3 Å². The molecule has 3 rings (SSSR count). The van der Waals surface area contributed by atoms with E-state index in [1.54, 1.807) is 0 Å². The highest BCUT2D eigenvalue weighted by Gasteiger charge is 2.49. The van der Waals surface area contributed by atoms with Gasteiger partial charge < -0.3 is 9.15 Å². The lowest BCUT2D eigenvalue weighted by atomic mass is 10.0. The minimum Gasteiger partial charge on any atom is -0.460 e. The maximum Gasteiger partial charge on any atom is 0.437 e. The lowest BCUT2D eigenvalue weighted by Gasteiger charge is -2.05. The Hall–Kier alpha value is -1.53. The lowest BCUT2D eigenvalue weighted by Crippen LogP contribution is -2.14. The molecule has 1 aromatic heterocycles. The molecule has 110 valence electrons. The third kappa shape index (κ3) is 2.29. The summed E-state index contributed by atoms with van der Waals surface area (Å²) in [5, 5.41) is 0. The summed E-state index contributed by atoms with van der Waals surface area (Å²) < 4.78 is 48.4. The monoisotopic (exact) mass is 289 g/mol. The molecule has 2 atom stereocenters. The van der Waals surface area contributed by atoms with Crippen molar-refractivity contribution >= 4 is 5.97 Å². The predicted molar refractivity (Wildman–Crippen MR) is 61.0 cm³/mol. The number of halogens is 3. The quantitative estimate of drug-likeness (QED) is 0.800. The van der Waals surface area contributed by atoms with Crippen molar-refractivity contribution in [3.8, 4) is 0 Å². The highest BCUT2D eigenvalue weighted by Crippen LogP contribution is 2.57. The molecule has 0 aromatic carbocycles. The number of aromatic nitrogens is 1. The fourth-order valence-electron chi connectivity index (χ4n) is 2.95. The molecule has 20 heavy (non-hydrogen) atoms. The molecule has 0 radical (unpaired) electrons. The molecule has 0 N–H and O–H groups in total. The van der Waals surface area contributed by atoms with Crippen LogP contribution >= 0.6 is 0 Å². The number of nitrogens with zero attached hydrogens (tertiary/aromatic N) is 1. The molecule has 0 spiro atoms. The van der Waals surface area contributed by atoms with Gasteiger partial charge in [-0.15, -0.1) is 0 Å². The third-order valence-corrected chi connectivity index (χ3v) is 3.97. The first-order chi connectivity index (χ1) is 9.40. The van der Waals surface area contributed by atoms with Crippen molar-refractivity contribution in [3.63, 3.8) is 0 Å². The molecule has 2 aliphatic rings. The van der Waals surface area contributed by atoms with Crippen LogP contribution in [0.4, 0.5) is 13.2 Å². The summed E-state index contributed by atoms with van der Waals surface area (Å²) in [4.78, 5) is 15.1. The average molecular weight is 289 g/mol. The van der Waals surface area contributed by atoms with Crippen molar-refractivity contribution in [2.45, 2.75) is 38.3 Å². The van der Waals surface area contributed by atoms with Crippen molar-refractivity contribution < 1.29 is 27.1 Å². The molecule has 2 aliphatic carbocycles. The molecule has 2 fully saturated rings. The van der Waals surface area contributed by atoms with E-state index in [0.717, 1.165) is 19.3 Å². The van der Waals surface area contributed by atoms with E-state index >= 15 is 0 Å². The zero-order valence-corrected chi connectivity index (χ0v) is 10.9. The van der Waals surface area contributed by atoms with Gasteiger partial charge in [0.15, 0.2) is 11.6 Å². The first-order valence-electron chi connectivity index (χ1n) is 6.65. The van der Waals surface area contributed by atoms with E-state index in [-0.39, 0.29) is 18.4 Å². The SMILES string of the molecule is CCOC(=O)c1oc(C2CC3CC3C2)nc1C(F)(F)F. The molecule has 0 aliphatic heterocycles.